The Hall–Kier alpha value is -2.85. The third-order valence-corrected chi connectivity index (χ3v) is 6.74. The van der Waals surface area contributed by atoms with Gasteiger partial charge in [-0.05, 0) is 25.5 Å². The minimum Gasteiger partial charge on any atom is -0.358 e. The number of likely N-dealkylation sites (N-methyl/N-ethyl adjacent to an activating group) is 1. The number of carbonyl (C=O) groups excluding carboxylic acids is 1. The number of rotatable bonds is 6. The third-order valence-electron chi connectivity index (χ3n) is 5.84. The van der Waals surface area contributed by atoms with Gasteiger partial charge in [-0.25, -0.2) is 4.39 Å². The maximum absolute atomic E-state index is 15.1. The van der Waals surface area contributed by atoms with Crippen LogP contribution in [0.4, 0.5) is 15.2 Å². The second kappa shape index (κ2) is 9.33. The number of benzene rings is 1. The van der Waals surface area contributed by atoms with Crippen molar-refractivity contribution in [2.45, 2.75) is 33.2 Å². The van der Waals surface area contributed by atoms with Gasteiger partial charge in [-0.2, -0.15) is 0 Å². The molecule has 10 heteroatoms. The largest absolute Gasteiger partial charge is 0.358 e. The highest BCUT2D eigenvalue weighted by atomic mass is 32.1. The molecule has 1 aliphatic rings. The van der Waals surface area contributed by atoms with E-state index in [2.05, 4.69) is 22.6 Å². The van der Waals surface area contributed by atoms with E-state index in [1.807, 2.05) is 23.3 Å². The summed E-state index contributed by atoms with van der Waals surface area (Å²) < 4.78 is 16.9. The van der Waals surface area contributed by atoms with E-state index in [1.54, 1.807) is 12.3 Å². The predicted octanol–water partition coefficient (Wildman–Crippen LogP) is 1.55. The zero-order chi connectivity index (χ0) is 22.8. The summed E-state index contributed by atoms with van der Waals surface area (Å²) in [4.78, 5) is 29.4. The van der Waals surface area contributed by atoms with Gasteiger partial charge in [0.05, 0.1) is 44.4 Å². The minimum atomic E-state index is -0.565. The van der Waals surface area contributed by atoms with Crippen molar-refractivity contribution in [1.82, 2.24) is 14.8 Å². The van der Waals surface area contributed by atoms with E-state index in [0.717, 1.165) is 44.0 Å². The maximum Gasteiger partial charge on any atom is 0.262 e. The third kappa shape index (κ3) is 4.37. The first-order valence-electron chi connectivity index (χ1n) is 11.0. The zero-order valence-corrected chi connectivity index (χ0v) is 19.4. The Bertz CT molecular complexity index is 1200. The van der Waals surface area contributed by atoms with Crippen molar-refractivity contribution in [3.8, 4) is 0 Å². The first-order chi connectivity index (χ1) is 15.4. The molecule has 1 aliphatic heterocycles. The van der Waals surface area contributed by atoms with Gasteiger partial charge in [-0.3, -0.25) is 14.9 Å². The fourth-order valence-electron chi connectivity index (χ4n) is 3.98. The molecule has 32 heavy (non-hydrogen) atoms. The lowest BCUT2D eigenvalue weighted by Crippen LogP contribution is -3.12. The molecule has 2 aromatic heterocycles. The number of nitrogens with zero attached hydrogens (tertiary/aromatic N) is 4. The quantitative estimate of drug-likeness (QED) is 0.584. The standard InChI is InChI=1S/C22H27FN6O2S/c1-4-6-19-25-26-22(32-19)24-21(31)15-13-28(5-2)17-12-18(16(23)11-14(17)20(15)30)29-9-7-27(3)8-10-29/h11-13H,4-10H2,1-3H3,(H,24,26,31)/p+1. The van der Waals surface area contributed by atoms with Crippen molar-refractivity contribution < 1.29 is 14.1 Å². The number of halogens is 1. The first kappa shape index (κ1) is 22.3. The summed E-state index contributed by atoms with van der Waals surface area (Å²) in [5.41, 5.74) is 0.592. The molecule has 170 valence electrons. The Morgan fingerprint density at radius 2 is 2.00 bits per heavy atom. The number of nitrogens with one attached hydrogen (secondary N) is 2. The maximum atomic E-state index is 15.1. The molecule has 0 saturated carbocycles. The molecule has 1 saturated heterocycles. The number of hydrogen-bond donors (Lipinski definition) is 2. The molecule has 4 rings (SSSR count). The molecule has 0 bridgehead atoms. The van der Waals surface area contributed by atoms with Crippen LogP contribution in [0.1, 0.15) is 35.6 Å². The lowest BCUT2D eigenvalue weighted by Gasteiger charge is -2.32. The number of carbonyl (C=O) groups is 1. The topological polar surface area (TPSA) is 84.6 Å². The monoisotopic (exact) mass is 459 g/mol. The fraction of sp³-hybridized carbons (Fsp3) is 0.455. The van der Waals surface area contributed by atoms with Crippen LogP contribution >= 0.6 is 11.3 Å². The lowest BCUT2D eigenvalue weighted by atomic mass is 10.1. The van der Waals surface area contributed by atoms with Gasteiger partial charge in [0.25, 0.3) is 5.91 Å². The number of pyridine rings is 1. The molecular formula is C22H28FN6O2S+. The van der Waals surface area contributed by atoms with E-state index in [1.165, 1.54) is 22.3 Å². The van der Waals surface area contributed by atoms with Gasteiger partial charge in [-0.1, -0.05) is 18.3 Å². The van der Waals surface area contributed by atoms with Crippen LogP contribution in [-0.4, -0.2) is 53.9 Å². The lowest BCUT2D eigenvalue weighted by molar-refractivity contribution is -0.880. The summed E-state index contributed by atoms with van der Waals surface area (Å²) in [6, 6.07) is 3.01. The van der Waals surface area contributed by atoms with Crippen molar-refractivity contribution in [2.24, 2.45) is 0 Å². The van der Waals surface area contributed by atoms with E-state index in [9.17, 15) is 9.59 Å². The molecule has 3 aromatic rings. The minimum absolute atomic E-state index is 0.0399. The van der Waals surface area contributed by atoms with Crippen molar-refractivity contribution >= 4 is 39.0 Å². The van der Waals surface area contributed by atoms with Crippen LogP contribution in [0.25, 0.3) is 10.9 Å². The second-order valence-electron chi connectivity index (χ2n) is 8.13. The second-order valence-corrected chi connectivity index (χ2v) is 9.19. The van der Waals surface area contributed by atoms with E-state index in [-0.39, 0.29) is 10.9 Å². The van der Waals surface area contributed by atoms with Crippen LogP contribution < -0.4 is 20.5 Å². The highest BCUT2D eigenvalue weighted by Gasteiger charge is 2.23. The molecule has 1 aromatic carbocycles. The summed E-state index contributed by atoms with van der Waals surface area (Å²) >= 11 is 1.29. The van der Waals surface area contributed by atoms with Crippen LogP contribution in [0.15, 0.2) is 23.1 Å². The van der Waals surface area contributed by atoms with E-state index in [0.29, 0.717) is 22.9 Å². The highest BCUT2D eigenvalue weighted by molar-refractivity contribution is 7.15. The van der Waals surface area contributed by atoms with Gasteiger partial charge >= 0.3 is 0 Å². The highest BCUT2D eigenvalue weighted by Crippen LogP contribution is 2.26. The zero-order valence-electron chi connectivity index (χ0n) is 18.6. The van der Waals surface area contributed by atoms with Gasteiger partial charge in [-0.15, -0.1) is 10.2 Å². The molecule has 8 nitrogen and oxygen atoms in total. The van der Waals surface area contributed by atoms with Crippen LogP contribution in [0, 0.1) is 5.82 Å². The number of aryl methyl sites for hydroxylation is 2. The molecular weight excluding hydrogens is 431 g/mol. The van der Waals surface area contributed by atoms with Crippen molar-refractivity contribution in [3.05, 3.63) is 44.9 Å². The smallest absolute Gasteiger partial charge is 0.262 e. The van der Waals surface area contributed by atoms with Crippen LogP contribution in [0.5, 0.6) is 0 Å². The average molecular weight is 460 g/mol. The number of quaternary nitrogens is 1. The van der Waals surface area contributed by atoms with Crippen molar-refractivity contribution in [3.63, 3.8) is 0 Å². The molecule has 2 N–H and O–H groups in total. The van der Waals surface area contributed by atoms with Crippen LogP contribution in [-0.2, 0) is 13.0 Å². The summed E-state index contributed by atoms with van der Waals surface area (Å²) in [6.45, 7) is 7.88. The predicted molar refractivity (Wildman–Crippen MR) is 125 cm³/mol. The molecule has 0 radical (unpaired) electrons. The van der Waals surface area contributed by atoms with E-state index < -0.39 is 17.2 Å². The Balaban J connectivity index is 1.70. The molecule has 1 fully saturated rings. The molecule has 1 amide bonds. The van der Waals surface area contributed by atoms with Crippen molar-refractivity contribution in [1.29, 1.82) is 0 Å². The Labute approximate surface area is 189 Å². The molecule has 3 heterocycles. The molecule has 0 atom stereocenters. The summed E-state index contributed by atoms with van der Waals surface area (Å²) in [5.74, 6) is -1.01. The Morgan fingerprint density at radius 3 is 2.69 bits per heavy atom. The summed E-state index contributed by atoms with van der Waals surface area (Å²) in [7, 11) is 2.13. The number of anilines is 2. The number of hydrogen-bond acceptors (Lipinski definition) is 6. The van der Waals surface area contributed by atoms with E-state index in [4.69, 9.17) is 0 Å². The molecule has 0 spiro atoms. The van der Waals surface area contributed by atoms with Gasteiger partial charge in [0, 0.05) is 24.5 Å². The number of piperazine rings is 1. The Morgan fingerprint density at radius 1 is 1.25 bits per heavy atom. The van der Waals surface area contributed by atoms with Crippen molar-refractivity contribution in [2.75, 3.05) is 43.4 Å². The summed E-state index contributed by atoms with van der Waals surface area (Å²) in [6.07, 6.45) is 3.25. The normalized spacial score (nSPS) is 14.8. The van der Waals surface area contributed by atoms with Gasteiger partial charge in [0.1, 0.15) is 16.4 Å². The Kier molecular flexibility index (Phi) is 6.52. The molecule has 0 aliphatic carbocycles. The first-order valence-corrected chi connectivity index (χ1v) is 11.8. The number of amides is 1. The van der Waals surface area contributed by atoms with Gasteiger partial charge in [0.15, 0.2) is 0 Å². The SMILES string of the molecule is CCCc1nnc(NC(=O)c2cn(CC)c3cc(N4CC[NH+](C)CC4)c(F)cc3c2=O)s1. The fourth-order valence-corrected chi connectivity index (χ4v) is 4.81. The number of aromatic nitrogens is 3. The van der Waals surface area contributed by atoms with Crippen LogP contribution in [0.2, 0.25) is 0 Å². The van der Waals surface area contributed by atoms with Crippen LogP contribution in [0.3, 0.4) is 0 Å². The van der Waals surface area contributed by atoms with E-state index >= 15 is 4.39 Å². The number of fused-ring (bicyclic) bond motifs is 1. The van der Waals surface area contributed by atoms with Gasteiger partial charge in [0.2, 0.25) is 10.6 Å². The molecule has 0 unspecified atom stereocenters. The average Bonchev–Trinajstić information content (AvgIpc) is 3.21. The summed E-state index contributed by atoms with van der Waals surface area (Å²) in [5, 5.41) is 12.1. The van der Waals surface area contributed by atoms with Gasteiger partial charge < -0.3 is 14.4 Å².